The van der Waals surface area contributed by atoms with Crippen molar-refractivity contribution >= 4 is 28.6 Å². The van der Waals surface area contributed by atoms with Gasteiger partial charge in [-0.3, -0.25) is 4.79 Å². The Morgan fingerprint density at radius 3 is 2.59 bits per heavy atom. The summed E-state index contributed by atoms with van der Waals surface area (Å²) in [6, 6.07) is 13.5. The third-order valence-corrected chi connectivity index (χ3v) is 5.27. The van der Waals surface area contributed by atoms with Crippen LogP contribution in [0.15, 0.2) is 52.8 Å². The summed E-state index contributed by atoms with van der Waals surface area (Å²) in [5.74, 6) is 0.696. The van der Waals surface area contributed by atoms with Gasteiger partial charge in [0.25, 0.3) is 0 Å². The Hall–Kier alpha value is -2.86. The van der Waals surface area contributed by atoms with Crippen LogP contribution in [0, 0.1) is 13.8 Å². The van der Waals surface area contributed by atoms with Gasteiger partial charge in [-0.25, -0.2) is 4.99 Å². The van der Waals surface area contributed by atoms with Crippen molar-refractivity contribution in [3.05, 3.63) is 69.5 Å². The standard InChI is InChI=1S/C21H23N3O2S/c1-14-5-10-19(15(2)11-14)23-21-24(3)17(13-27-21)12-20(25)22-16-6-8-18(26-4)9-7-16/h5-11,13H,12H2,1-4H3,(H,22,25). The lowest BCUT2D eigenvalue weighted by Crippen LogP contribution is -2.19. The number of hydrogen-bond donors (Lipinski definition) is 1. The quantitative estimate of drug-likeness (QED) is 0.723. The zero-order valence-corrected chi connectivity index (χ0v) is 16.8. The molecule has 140 valence electrons. The second-order valence-electron chi connectivity index (χ2n) is 6.42. The minimum atomic E-state index is -0.0633. The van der Waals surface area contributed by atoms with Crippen molar-refractivity contribution in [2.24, 2.45) is 12.0 Å². The smallest absolute Gasteiger partial charge is 0.230 e. The van der Waals surface area contributed by atoms with Gasteiger partial charge in [-0.2, -0.15) is 0 Å². The maximum absolute atomic E-state index is 12.4. The van der Waals surface area contributed by atoms with Gasteiger partial charge in [0.1, 0.15) is 5.75 Å². The highest BCUT2D eigenvalue weighted by Gasteiger charge is 2.09. The topological polar surface area (TPSA) is 55.6 Å². The van der Waals surface area contributed by atoms with E-state index >= 15 is 0 Å². The first-order valence-electron chi connectivity index (χ1n) is 8.65. The predicted octanol–water partition coefficient (Wildman–Crippen LogP) is 4.13. The summed E-state index contributed by atoms with van der Waals surface area (Å²) in [7, 11) is 3.56. The Morgan fingerprint density at radius 1 is 1.19 bits per heavy atom. The van der Waals surface area contributed by atoms with Crippen molar-refractivity contribution < 1.29 is 9.53 Å². The number of rotatable bonds is 5. The number of amides is 1. The highest BCUT2D eigenvalue weighted by atomic mass is 32.1. The molecule has 0 saturated heterocycles. The Bertz CT molecular complexity index is 1020. The maximum atomic E-state index is 12.4. The highest BCUT2D eigenvalue weighted by molar-refractivity contribution is 7.07. The molecule has 0 saturated carbocycles. The first kappa shape index (κ1) is 18.9. The molecule has 1 amide bonds. The number of nitrogens with zero attached hydrogens (tertiary/aromatic N) is 2. The van der Waals surface area contributed by atoms with E-state index in [9.17, 15) is 4.79 Å². The van der Waals surface area contributed by atoms with Crippen molar-refractivity contribution in [2.45, 2.75) is 20.3 Å². The number of anilines is 1. The van der Waals surface area contributed by atoms with Gasteiger partial charge in [0.05, 0.1) is 19.2 Å². The molecule has 0 unspecified atom stereocenters. The van der Waals surface area contributed by atoms with Crippen molar-refractivity contribution in [3.63, 3.8) is 0 Å². The molecule has 5 nitrogen and oxygen atoms in total. The molecule has 0 fully saturated rings. The Balaban J connectivity index is 1.74. The molecule has 3 aromatic rings. The van der Waals surface area contributed by atoms with Gasteiger partial charge in [0.2, 0.25) is 5.91 Å². The number of hydrogen-bond acceptors (Lipinski definition) is 4. The molecule has 0 bridgehead atoms. The first-order chi connectivity index (χ1) is 13.0. The largest absolute Gasteiger partial charge is 0.497 e. The van der Waals surface area contributed by atoms with E-state index in [1.807, 2.05) is 47.3 Å². The van der Waals surface area contributed by atoms with Gasteiger partial charge in [-0.1, -0.05) is 17.7 Å². The summed E-state index contributed by atoms with van der Waals surface area (Å²) < 4.78 is 7.10. The Morgan fingerprint density at radius 2 is 1.93 bits per heavy atom. The van der Waals surface area contributed by atoms with Crippen LogP contribution >= 0.6 is 11.3 Å². The summed E-state index contributed by atoms with van der Waals surface area (Å²) in [5.41, 5.74) is 4.99. The van der Waals surface area contributed by atoms with Crippen molar-refractivity contribution in [3.8, 4) is 5.75 Å². The minimum Gasteiger partial charge on any atom is -0.497 e. The molecular formula is C21H23N3O2S. The molecule has 1 N–H and O–H groups in total. The summed E-state index contributed by atoms with van der Waals surface area (Å²) >= 11 is 1.54. The number of carbonyl (C=O) groups is 1. The second kappa shape index (κ2) is 8.22. The van der Waals surface area contributed by atoms with Gasteiger partial charge in [0, 0.05) is 23.8 Å². The summed E-state index contributed by atoms with van der Waals surface area (Å²) in [6.07, 6.45) is 0.293. The fourth-order valence-corrected chi connectivity index (χ4v) is 3.65. The van der Waals surface area contributed by atoms with Crippen LogP contribution in [-0.4, -0.2) is 17.6 Å². The highest BCUT2D eigenvalue weighted by Crippen LogP contribution is 2.19. The molecule has 0 aliphatic heterocycles. The molecule has 0 aliphatic carbocycles. The molecule has 6 heteroatoms. The molecule has 0 atom stereocenters. The van der Waals surface area contributed by atoms with Crippen LogP contribution in [0.4, 0.5) is 11.4 Å². The Kier molecular flexibility index (Phi) is 5.76. The lowest BCUT2D eigenvalue weighted by molar-refractivity contribution is -0.115. The molecule has 2 aromatic carbocycles. The van der Waals surface area contributed by atoms with Crippen LogP contribution in [0.1, 0.15) is 16.8 Å². The SMILES string of the molecule is COc1ccc(NC(=O)Cc2csc(=Nc3ccc(C)cc3C)n2C)cc1. The van der Waals surface area contributed by atoms with Gasteiger partial charge in [-0.15, -0.1) is 11.3 Å². The van der Waals surface area contributed by atoms with E-state index in [1.54, 1.807) is 7.11 Å². The lowest BCUT2D eigenvalue weighted by atomic mass is 10.1. The molecule has 0 spiro atoms. The lowest BCUT2D eigenvalue weighted by Gasteiger charge is -2.07. The average Bonchev–Trinajstić information content (AvgIpc) is 2.98. The fraction of sp³-hybridized carbons (Fsp3) is 0.238. The van der Waals surface area contributed by atoms with Crippen molar-refractivity contribution in [1.82, 2.24) is 4.57 Å². The number of aryl methyl sites for hydroxylation is 2. The van der Waals surface area contributed by atoms with E-state index in [4.69, 9.17) is 9.73 Å². The van der Waals surface area contributed by atoms with E-state index in [0.717, 1.165) is 33.2 Å². The van der Waals surface area contributed by atoms with E-state index in [1.165, 1.54) is 16.9 Å². The van der Waals surface area contributed by atoms with Gasteiger partial charge in [-0.05, 0) is 49.7 Å². The van der Waals surface area contributed by atoms with Crippen LogP contribution in [0.25, 0.3) is 0 Å². The normalized spacial score (nSPS) is 11.5. The fourth-order valence-electron chi connectivity index (χ4n) is 2.74. The van der Waals surface area contributed by atoms with Crippen molar-refractivity contribution in [1.29, 1.82) is 0 Å². The molecule has 3 rings (SSSR count). The van der Waals surface area contributed by atoms with E-state index < -0.39 is 0 Å². The van der Waals surface area contributed by atoms with Gasteiger partial charge < -0.3 is 14.6 Å². The number of methoxy groups -OCH3 is 1. The van der Waals surface area contributed by atoms with Crippen LogP contribution < -0.4 is 14.9 Å². The monoisotopic (exact) mass is 381 g/mol. The van der Waals surface area contributed by atoms with E-state index in [2.05, 4.69) is 31.3 Å². The minimum absolute atomic E-state index is 0.0633. The first-order valence-corrected chi connectivity index (χ1v) is 9.53. The number of benzene rings is 2. The predicted molar refractivity (Wildman–Crippen MR) is 110 cm³/mol. The summed E-state index contributed by atoms with van der Waals surface area (Å²) in [6.45, 7) is 4.13. The molecule has 1 aromatic heterocycles. The van der Waals surface area contributed by atoms with Crippen LogP contribution in [0.5, 0.6) is 5.75 Å². The maximum Gasteiger partial charge on any atom is 0.230 e. The summed E-state index contributed by atoms with van der Waals surface area (Å²) in [4.78, 5) is 18.0. The van der Waals surface area contributed by atoms with Crippen molar-refractivity contribution in [2.75, 3.05) is 12.4 Å². The van der Waals surface area contributed by atoms with Gasteiger partial charge in [0.15, 0.2) is 4.80 Å². The summed E-state index contributed by atoms with van der Waals surface area (Å²) in [5, 5.41) is 4.89. The Labute approximate surface area is 163 Å². The number of carbonyl (C=O) groups excluding carboxylic acids is 1. The number of nitrogens with one attached hydrogen (secondary N) is 1. The zero-order valence-electron chi connectivity index (χ0n) is 15.9. The van der Waals surface area contributed by atoms with E-state index in [0.29, 0.717) is 6.42 Å². The molecule has 1 heterocycles. The average molecular weight is 382 g/mol. The van der Waals surface area contributed by atoms with Crippen LogP contribution in [0.2, 0.25) is 0 Å². The number of ether oxygens (including phenoxy) is 1. The third-order valence-electron chi connectivity index (χ3n) is 4.30. The van der Waals surface area contributed by atoms with Crippen LogP contribution in [0.3, 0.4) is 0 Å². The number of aromatic nitrogens is 1. The van der Waals surface area contributed by atoms with Gasteiger partial charge >= 0.3 is 0 Å². The zero-order chi connectivity index (χ0) is 19.4. The molecule has 27 heavy (non-hydrogen) atoms. The second-order valence-corrected chi connectivity index (χ2v) is 7.26. The molecular weight excluding hydrogens is 358 g/mol. The van der Waals surface area contributed by atoms with Crippen LogP contribution in [-0.2, 0) is 18.3 Å². The number of thiazole rings is 1. The molecule has 0 radical (unpaired) electrons. The van der Waals surface area contributed by atoms with E-state index in [-0.39, 0.29) is 5.91 Å². The molecule has 0 aliphatic rings. The third kappa shape index (κ3) is 4.65.